The molecule has 0 fully saturated rings. The summed E-state index contributed by atoms with van der Waals surface area (Å²) in [5, 5.41) is 29.3. The average molecular weight is 315 g/mol. The molecule has 0 bridgehead atoms. The van der Waals surface area contributed by atoms with Gasteiger partial charge in [0.15, 0.2) is 11.6 Å². The quantitative estimate of drug-likeness (QED) is 0.677. The molecule has 0 saturated heterocycles. The highest BCUT2D eigenvalue weighted by molar-refractivity contribution is 6.30. The number of aliphatic hydroxyl groups is 2. The van der Waals surface area contributed by atoms with E-state index in [0.717, 1.165) is 0 Å². The lowest BCUT2D eigenvalue weighted by molar-refractivity contribution is 0.0973. The molecule has 1 aromatic heterocycles. The molecule has 0 saturated carbocycles. The summed E-state index contributed by atoms with van der Waals surface area (Å²) in [4.78, 5) is 25.7. The van der Waals surface area contributed by atoms with Crippen LogP contribution in [0.25, 0.3) is 0 Å². The SMILES string of the molecule is Cc1c2c(c([C@H](C)O)n1CCO)C(=O)c1cccc(O)c1C2=O. The van der Waals surface area contributed by atoms with Crippen molar-refractivity contribution < 1.29 is 24.9 Å². The third kappa shape index (κ3) is 2.03. The molecule has 1 aliphatic rings. The zero-order valence-corrected chi connectivity index (χ0v) is 12.8. The smallest absolute Gasteiger partial charge is 0.200 e. The molecular formula is C17H17NO5. The van der Waals surface area contributed by atoms with Gasteiger partial charge in [-0.3, -0.25) is 9.59 Å². The third-order valence-corrected chi connectivity index (χ3v) is 4.25. The molecule has 6 nitrogen and oxygen atoms in total. The largest absolute Gasteiger partial charge is 0.507 e. The van der Waals surface area contributed by atoms with Crippen molar-refractivity contribution in [1.82, 2.24) is 4.57 Å². The van der Waals surface area contributed by atoms with E-state index in [1.807, 2.05) is 0 Å². The van der Waals surface area contributed by atoms with Crippen LogP contribution in [0.3, 0.4) is 0 Å². The van der Waals surface area contributed by atoms with Crippen LogP contribution in [0.15, 0.2) is 18.2 Å². The number of aliphatic hydroxyl groups excluding tert-OH is 2. The van der Waals surface area contributed by atoms with Gasteiger partial charge in [-0.15, -0.1) is 0 Å². The topological polar surface area (TPSA) is 99.8 Å². The lowest BCUT2D eigenvalue weighted by Gasteiger charge is -2.17. The number of ketones is 2. The number of phenols is 1. The molecule has 0 aliphatic heterocycles. The predicted molar refractivity (Wildman–Crippen MR) is 81.9 cm³/mol. The summed E-state index contributed by atoms with van der Waals surface area (Å²) < 4.78 is 1.59. The van der Waals surface area contributed by atoms with Crippen molar-refractivity contribution in [3.8, 4) is 5.75 Å². The molecule has 1 aliphatic carbocycles. The Bertz CT molecular complexity index is 832. The second-order valence-electron chi connectivity index (χ2n) is 5.63. The van der Waals surface area contributed by atoms with E-state index in [1.54, 1.807) is 11.5 Å². The number of carbonyl (C=O) groups excluding carboxylic acids is 2. The highest BCUT2D eigenvalue weighted by Gasteiger charge is 2.38. The maximum atomic E-state index is 12.9. The van der Waals surface area contributed by atoms with E-state index in [4.69, 9.17) is 0 Å². The molecule has 120 valence electrons. The molecule has 0 radical (unpaired) electrons. The molecule has 0 spiro atoms. The molecule has 2 aromatic rings. The van der Waals surface area contributed by atoms with Crippen LogP contribution >= 0.6 is 0 Å². The van der Waals surface area contributed by atoms with Gasteiger partial charge in [0, 0.05) is 17.8 Å². The van der Waals surface area contributed by atoms with E-state index in [0.29, 0.717) is 11.4 Å². The summed E-state index contributed by atoms with van der Waals surface area (Å²) in [7, 11) is 0. The first-order valence-corrected chi connectivity index (χ1v) is 7.33. The Balaban J connectivity index is 2.38. The van der Waals surface area contributed by atoms with Crippen molar-refractivity contribution >= 4 is 11.6 Å². The van der Waals surface area contributed by atoms with Gasteiger partial charge >= 0.3 is 0 Å². The van der Waals surface area contributed by atoms with Gasteiger partial charge < -0.3 is 19.9 Å². The number of fused-ring (bicyclic) bond motifs is 2. The van der Waals surface area contributed by atoms with Gasteiger partial charge in [0.05, 0.1) is 35.1 Å². The average Bonchev–Trinajstić information content (AvgIpc) is 2.79. The maximum Gasteiger partial charge on any atom is 0.200 e. The van der Waals surface area contributed by atoms with Gasteiger partial charge in [0.25, 0.3) is 0 Å². The van der Waals surface area contributed by atoms with Gasteiger partial charge in [-0.25, -0.2) is 0 Å². The normalized spacial score (nSPS) is 14.6. The minimum Gasteiger partial charge on any atom is -0.507 e. The zero-order chi connectivity index (χ0) is 16.9. The van der Waals surface area contributed by atoms with Crippen LogP contribution in [0.1, 0.15) is 56.3 Å². The number of phenolic OH excluding ortho intramolecular Hbond substituents is 1. The lowest BCUT2D eigenvalue weighted by Crippen LogP contribution is -2.21. The lowest BCUT2D eigenvalue weighted by atomic mass is 9.83. The summed E-state index contributed by atoms with van der Waals surface area (Å²) in [6.45, 7) is 3.16. The summed E-state index contributed by atoms with van der Waals surface area (Å²) in [5.41, 5.74) is 1.29. The van der Waals surface area contributed by atoms with Crippen molar-refractivity contribution in [3.05, 3.63) is 51.8 Å². The van der Waals surface area contributed by atoms with Crippen LogP contribution in [-0.4, -0.2) is 38.1 Å². The fraction of sp³-hybridized carbons (Fsp3) is 0.294. The number of benzene rings is 1. The van der Waals surface area contributed by atoms with Gasteiger partial charge in [0.1, 0.15) is 5.75 Å². The van der Waals surface area contributed by atoms with Crippen LogP contribution in [0, 0.1) is 6.92 Å². The summed E-state index contributed by atoms with van der Waals surface area (Å²) >= 11 is 0. The van der Waals surface area contributed by atoms with E-state index in [2.05, 4.69) is 0 Å². The van der Waals surface area contributed by atoms with E-state index in [1.165, 1.54) is 25.1 Å². The minimum atomic E-state index is -0.973. The molecule has 1 heterocycles. The first-order valence-electron chi connectivity index (χ1n) is 7.33. The molecule has 0 unspecified atom stereocenters. The summed E-state index contributed by atoms with van der Waals surface area (Å²) in [6, 6.07) is 4.36. The number of carbonyl (C=O) groups is 2. The van der Waals surface area contributed by atoms with Crippen LogP contribution in [0.2, 0.25) is 0 Å². The van der Waals surface area contributed by atoms with E-state index in [9.17, 15) is 24.9 Å². The third-order valence-electron chi connectivity index (χ3n) is 4.25. The number of aromatic hydroxyl groups is 1. The van der Waals surface area contributed by atoms with Crippen molar-refractivity contribution in [2.45, 2.75) is 26.5 Å². The van der Waals surface area contributed by atoms with Gasteiger partial charge in [-0.2, -0.15) is 0 Å². The highest BCUT2D eigenvalue weighted by atomic mass is 16.3. The molecule has 1 aromatic carbocycles. The number of hydrogen-bond acceptors (Lipinski definition) is 5. The minimum absolute atomic E-state index is 0.00797. The molecule has 6 heteroatoms. The van der Waals surface area contributed by atoms with Crippen LogP contribution < -0.4 is 0 Å². The van der Waals surface area contributed by atoms with Gasteiger partial charge in [0.2, 0.25) is 0 Å². The molecule has 0 amide bonds. The number of hydrogen-bond donors (Lipinski definition) is 3. The Labute approximate surface area is 132 Å². The second kappa shape index (κ2) is 5.33. The van der Waals surface area contributed by atoms with E-state index in [-0.39, 0.29) is 41.2 Å². The Kier molecular flexibility index (Phi) is 3.58. The molecule has 3 N–H and O–H groups in total. The Morgan fingerprint density at radius 2 is 1.83 bits per heavy atom. The first kappa shape index (κ1) is 15.5. The molecular weight excluding hydrogens is 298 g/mol. The number of rotatable bonds is 3. The fourth-order valence-corrected chi connectivity index (χ4v) is 3.32. The van der Waals surface area contributed by atoms with E-state index >= 15 is 0 Å². The van der Waals surface area contributed by atoms with Gasteiger partial charge in [-0.05, 0) is 19.9 Å². The Hall–Kier alpha value is -2.44. The Morgan fingerprint density at radius 1 is 1.13 bits per heavy atom. The fourth-order valence-electron chi connectivity index (χ4n) is 3.32. The number of aromatic nitrogens is 1. The first-order chi connectivity index (χ1) is 10.9. The summed E-state index contributed by atoms with van der Waals surface area (Å²) in [6.07, 6.45) is -0.973. The zero-order valence-electron chi connectivity index (χ0n) is 12.8. The molecule has 23 heavy (non-hydrogen) atoms. The second-order valence-corrected chi connectivity index (χ2v) is 5.63. The van der Waals surface area contributed by atoms with Crippen LogP contribution in [-0.2, 0) is 6.54 Å². The molecule has 3 rings (SSSR count). The van der Waals surface area contributed by atoms with Crippen molar-refractivity contribution in [1.29, 1.82) is 0 Å². The predicted octanol–water partition coefficient (Wildman–Crippen LogP) is 1.32. The summed E-state index contributed by atoms with van der Waals surface area (Å²) in [5.74, 6) is -1.08. The molecule has 1 atom stereocenters. The van der Waals surface area contributed by atoms with Crippen LogP contribution in [0.4, 0.5) is 0 Å². The van der Waals surface area contributed by atoms with Gasteiger partial charge in [-0.1, -0.05) is 12.1 Å². The van der Waals surface area contributed by atoms with Crippen LogP contribution in [0.5, 0.6) is 5.75 Å². The standard InChI is InChI=1S/C17H17NO5/c1-8-12-14(15(9(2)20)18(8)6-7-19)16(22)10-4-3-5-11(21)13(10)17(12)23/h3-5,9,19-21H,6-7H2,1-2H3/t9-/m0/s1. The van der Waals surface area contributed by atoms with Crippen molar-refractivity contribution in [2.24, 2.45) is 0 Å². The van der Waals surface area contributed by atoms with E-state index < -0.39 is 17.7 Å². The maximum absolute atomic E-state index is 12.9. The van der Waals surface area contributed by atoms with Crippen molar-refractivity contribution in [3.63, 3.8) is 0 Å². The highest BCUT2D eigenvalue weighted by Crippen LogP contribution is 2.38. The Morgan fingerprint density at radius 3 is 2.43 bits per heavy atom. The monoisotopic (exact) mass is 315 g/mol. The number of nitrogens with zero attached hydrogens (tertiary/aromatic N) is 1. The van der Waals surface area contributed by atoms with Crippen molar-refractivity contribution in [2.75, 3.05) is 6.61 Å².